The third-order valence-electron chi connectivity index (χ3n) is 6.34. The van der Waals surface area contributed by atoms with Gasteiger partial charge in [0.25, 0.3) is 0 Å². The first-order valence-electron chi connectivity index (χ1n) is 8.94. The van der Waals surface area contributed by atoms with Crippen LogP contribution in [-0.2, 0) is 10.8 Å². The Kier molecular flexibility index (Phi) is 3.75. The van der Waals surface area contributed by atoms with Gasteiger partial charge in [0.1, 0.15) is 5.75 Å². The molecule has 3 aromatic rings. The van der Waals surface area contributed by atoms with Crippen molar-refractivity contribution in [3.8, 4) is 5.75 Å². The van der Waals surface area contributed by atoms with E-state index in [4.69, 9.17) is 16.3 Å². The first kappa shape index (κ1) is 17.2. The van der Waals surface area contributed by atoms with Gasteiger partial charge in [0.2, 0.25) is 0 Å². The summed E-state index contributed by atoms with van der Waals surface area (Å²) in [7, 11) is 1.64. The van der Waals surface area contributed by atoms with Crippen LogP contribution in [0.4, 0.5) is 11.4 Å². The Labute approximate surface area is 160 Å². The van der Waals surface area contributed by atoms with Crippen LogP contribution in [0.1, 0.15) is 38.8 Å². The Morgan fingerprint density at radius 3 is 2.31 bits per heavy atom. The van der Waals surface area contributed by atoms with Crippen molar-refractivity contribution in [2.24, 2.45) is 0 Å². The van der Waals surface area contributed by atoms with Crippen LogP contribution in [-0.4, -0.2) is 7.11 Å². The molecule has 2 nitrogen and oxygen atoms in total. The first-order chi connectivity index (χ1) is 12.3. The van der Waals surface area contributed by atoms with Crippen LogP contribution in [0, 0.1) is 0 Å². The Balaban J connectivity index is 1.85. The fraction of sp³-hybridized carbons (Fsp3) is 0.304. The Bertz CT molecular complexity index is 1020. The second-order valence-electron chi connectivity index (χ2n) is 8.15. The van der Waals surface area contributed by atoms with Gasteiger partial charge < -0.3 is 10.1 Å². The van der Waals surface area contributed by atoms with Crippen LogP contribution in [0.25, 0.3) is 10.8 Å². The normalized spacial score (nSPS) is 16.7. The minimum absolute atomic E-state index is 0.0519. The number of hydrogen-bond donors (Lipinski definition) is 1. The number of ether oxygens (including phenoxy) is 1. The summed E-state index contributed by atoms with van der Waals surface area (Å²) in [4.78, 5) is 0. The van der Waals surface area contributed by atoms with E-state index in [0.29, 0.717) is 5.02 Å². The number of benzene rings is 3. The highest BCUT2D eigenvalue weighted by atomic mass is 35.5. The zero-order valence-corrected chi connectivity index (χ0v) is 16.7. The topological polar surface area (TPSA) is 21.3 Å². The number of hydrogen-bond acceptors (Lipinski definition) is 2. The zero-order chi connectivity index (χ0) is 18.7. The van der Waals surface area contributed by atoms with Crippen molar-refractivity contribution < 1.29 is 4.74 Å². The molecule has 0 atom stereocenters. The maximum absolute atomic E-state index is 6.42. The summed E-state index contributed by atoms with van der Waals surface area (Å²) in [5.74, 6) is 0.755. The average molecular weight is 366 g/mol. The molecule has 1 aliphatic rings. The Morgan fingerprint density at radius 1 is 0.885 bits per heavy atom. The van der Waals surface area contributed by atoms with Crippen LogP contribution in [0.3, 0.4) is 0 Å². The summed E-state index contributed by atoms with van der Waals surface area (Å²) in [5, 5.41) is 6.80. The molecule has 26 heavy (non-hydrogen) atoms. The lowest BCUT2D eigenvalue weighted by Crippen LogP contribution is -2.35. The summed E-state index contributed by atoms with van der Waals surface area (Å²) >= 11 is 6.42. The van der Waals surface area contributed by atoms with Gasteiger partial charge in [-0.15, -0.1) is 0 Å². The van der Waals surface area contributed by atoms with Crippen molar-refractivity contribution in [2.45, 2.75) is 38.5 Å². The van der Waals surface area contributed by atoms with Gasteiger partial charge in [-0.3, -0.25) is 0 Å². The third kappa shape index (κ3) is 2.32. The number of methoxy groups -OCH3 is 1. The molecule has 0 saturated carbocycles. The van der Waals surface area contributed by atoms with E-state index >= 15 is 0 Å². The number of nitrogens with one attached hydrogen (secondary N) is 1. The van der Waals surface area contributed by atoms with Crippen molar-refractivity contribution >= 4 is 33.7 Å². The Hall–Kier alpha value is -2.19. The molecule has 1 N–H and O–H groups in total. The van der Waals surface area contributed by atoms with Gasteiger partial charge in [-0.05, 0) is 57.0 Å². The largest absolute Gasteiger partial charge is 0.497 e. The Morgan fingerprint density at radius 2 is 1.62 bits per heavy atom. The van der Waals surface area contributed by atoms with Crippen LogP contribution in [0.5, 0.6) is 5.75 Å². The standard InChI is InChI=1S/C23H24ClNO/c1-22(2)17-8-6-7-14-11-15(12-18(21(14)17)23(22,3)4)25-20-10-9-16(26-5)13-19(20)24/h6-13,25H,1-5H3. The monoisotopic (exact) mass is 365 g/mol. The molecular weight excluding hydrogens is 342 g/mol. The van der Waals surface area contributed by atoms with E-state index in [2.05, 4.69) is 63.3 Å². The minimum atomic E-state index is 0.0519. The maximum Gasteiger partial charge on any atom is 0.120 e. The van der Waals surface area contributed by atoms with E-state index in [1.54, 1.807) is 7.11 Å². The van der Waals surface area contributed by atoms with E-state index < -0.39 is 0 Å². The van der Waals surface area contributed by atoms with Crippen LogP contribution in [0.15, 0.2) is 48.5 Å². The fourth-order valence-electron chi connectivity index (χ4n) is 4.07. The van der Waals surface area contributed by atoms with Gasteiger partial charge in [-0.25, -0.2) is 0 Å². The second kappa shape index (κ2) is 5.65. The highest BCUT2D eigenvalue weighted by molar-refractivity contribution is 6.33. The van der Waals surface area contributed by atoms with Crippen LogP contribution in [0.2, 0.25) is 5.02 Å². The van der Waals surface area contributed by atoms with Crippen molar-refractivity contribution in [1.82, 2.24) is 0 Å². The molecule has 0 aliphatic heterocycles. The van der Waals surface area contributed by atoms with Gasteiger partial charge >= 0.3 is 0 Å². The van der Waals surface area contributed by atoms with E-state index in [1.165, 1.54) is 21.9 Å². The second-order valence-corrected chi connectivity index (χ2v) is 8.56. The fourth-order valence-corrected chi connectivity index (χ4v) is 4.28. The molecule has 0 bridgehead atoms. The van der Waals surface area contributed by atoms with E-state index in [1.807, 2.05) is 18.2 Å². The number of rotatable bonds is 3. The summed E-state index contributed by atoms with van der Waals surface area (Å²) in [6.07, 6.45) is 0. The molecule has 0 unspecified atom stereocenters. The van der Waals surface area contributed by atoms with Crippen molar-refractivity contribution in [3.63, 3.8) is 0 Å². The molecular formula is C23H24ClNO. The third-order valence-corrected chi connectivity index (χ3v) is 6.65. The highest BCUT2D eigenvalue weighted by Crippen LogP contribution is 2.54. The molecule has 0 amide bonds. The molecule has 0 saturated heterocycles. The van der Waals surface area contributed by atoms with Crippen molar-refractivity contribution in [3.05, 3.63) is 64.7 Å². The van der Waals surface area contributed by atoms with Crippen LogP contribution < -0.4 is 10.1 Å². The quantitative estimate of drug-likeness (QED) is 0.550. The zero-order valence-electron chi connectivity index (χ0n) is 15.9. The van der Waals surface area contributed by atoms with Gasteiger partial charge in [-0.2, -0.15) is 0 Å². The predicted molar refractivity (Wildman–Crippen MR) is 111 cm³/mol. The average Bonchev–Trinajstić information content (AvgIpc) is 2.76. The molecule has 4 rings (SSSR count). The lowest BCUT2D eigenvalue weighted by molar-refractivity contribution is 0.322. The molecule has 3 heteroatoms. The summed E-state index contributed by atoms with van der Waals surface area (Å²) in [5.41, 5.74) is 4.90. The molecule has 0 heterocycles. The van der Waals surface area contributed by atoms with Gasteiger partial charge in [0, 0.05) is 11.8 Å². The molecule has 0 radical (unpaired) electrons. The summed E-state index contributed by atoms with van der Waals surface area (Å²) in [6, 6.07) is 16.8. The summed E-state index contributed by atoms with van der Waals surface area (Å²) in [6.45, 7) is 9.36. The maximum atomic E-state index is 6.42. The van der Waals surface area contributed by atoms with E-state index in [9.17, 15) is 0 Å². The van der Waals surface area contributed by atoms with Crippen molar-refractivity contribution in [1.29, 1.82) is 0 Å². The minimum Gasteiger partial charge on any atom is -0.497 e. The number of halogens is 1. The molecule has 134 valence electrons. The van der Waals surface area contributed by atoms with E-state index in [0.717, 1.165) is 17.1 Å². The highest BCUT2D eigenvalue weighted by Gasteiger charge is 2.46. The lowest BCUT2D eigenvalue weighted by Gasteiger charge is -2.37. The number of anilines is 2. The first-order valence-corrected chi connectivity index (χ1v) is 9.32. The molecule has 0 fully saturated rings. The van der Waals surface area contributed by atoms with Gasteiger partial charge in [0.05, 0.1) is 17.8 Å². The van der Waals surface area contributed by atoms with Crippen molar-refractivity contribution in [2.75, 3.05) is 12.4 Å². The van der Waals surface area contributed by atoms with Gasteiger partial charge in [0.15, 0.2) is 0 Å². The van der Waals surface area contributed by atoms with E-state index in [-0.39, 0.29) is 10.8 Å². The van der Waals surface area contributed by atoms with Gasteiger partial charge in [-0.1, -0.05) is 57.5 Å². The lowest BCUT2D eigenvalue weighted by atomic mass is 9.66. The smallest absolute Gasteiger partial charge is 0.120 e. The molecule has 0 aromatic heterocycles. The predicted octanol–water partition coefficient (Wildman–Crippen LogP) is 6.81. The SMILES string of the molecule is COc1ccc(Nc2cc3c4c(cccc4c2)C(C)(C)C3(C)C)c(Cl)c1. The molecule has 3 aromatic carbocycles. The molecule has 0 spiro atoms. The summed E-state index contributed by atoms with van der Waals surface area (Å²) < 4.78 is 5.24. The van der Waals surface area contributed by atoms with Crippen LogP contribution >= 0.6 is 11.6 Å². The molecule has 1 aliphatic carbocycles.